The maximum Gasteiger partial charge on any atom is 0.261 e. The Morgan fingerprint density at radius 1 is 0.607 bits per heavy atom. The van der Waals surface area contributed by atoms with Gasteiger partial charge in [-0.3, -0.25) is 9.44 Å². The summed E-state index contributed by atoms with van der Waals surface area (Å²) < 4.78 is 54.5. The summed E-state index contributed by atoms with van der Waals surface area (Å²) in [7, 11) is -7.70. The molecule has 0 heterocycles. The summed E-state index contributed by atoms with van der Waals surface area (Å²) in [4.78, 5) is -0.00385. The highest BCUT2D eigenvalue weighted by atomic mass is 35.5. The molecule has 3 aromatic rings. The minimum atomic E-state index is -3.88. The molecule has 0 radical (unpaired) electrons. The van der Waals surface area contributed by atoms with Gasteiger partial charge in [-0.1, -0.05) is 35.3 Å². The molecule has 0 atom stereocenters. The number of halogens is 2. The van der Waals surface area contributed by atoms with E-state index in [1.165, 1.54) is 54.6 Å². The normalized spacial score (nSPS) is 11.8. The van der Waals surface area contributed by atoms with Gasteiger partial charge in [-0.15, -0.1) is 0 Å². The van der Waals surface area contributed by atoms with Crippen molar-refractivity contribution in [2.45, 2.75) is 9.79 Å². The fourth-order valence-corrected chi connectivity index (χ4v) is 4.78. The lowest BCUT2D eigenvalue weighted by Gasteiger charge is -2.11. The predicted molar refractivity (Wildman–Crippen MR) is 111 cm³/mol. The number of hydrogen-bond donors (Lipinski definition) is 2. The third-order valence-corrected chi connectivity index (χ3v) is 7.02. The van der Waals surface area contributed by atoms with Crippen molar-refractivity contribution in [2.24, 2.45) is 0 Å². The van der Waals surface area contributed by atoms with Gasteiger partial charge in [0, 0.05) is 10.7 Å². The molecule has 0 saturated heterocycles. The molecule has 0 saturated carbocycles. The quantitative estimate of drug-likeness (QED) is 0.566. The van der Waals surface area contributed by atoms with Gasteiger partial charge in [-0.25, -0.2) is 16.8 Å². The van der Waals surface area contributed by atoms with Crippen molar-refractivity contribution in [3.05, 3.63) is 82.8 Å². The Kier molecular flexibility index (Phi) is 5.85. The molecule has 6 nitrogen and oxygen atoms in total. The maximum atomic E-state index is 12.5. The minimum absolute atomic E-state index is 0.0361. The molecule has 0 aliphatic heterocycles. The van der Waals surface area contributed by atoms with E-state index in [2.05, 4.69) is 9.44 Å². The first kappa shape index (κ1) is 20.5. The largest absolute Gasteiger partial charge is 0.280 e. The number of hydrogen-bond acceptors (Lipinski definition) is 4. The van der Waals surface area contributed by atoms with Crippen molar-refractivity contribution in [1.82, 2.24) is 0 Å². The lowest BCUT2D eigenvalue weighted by molar-refractivity contribution is 0.600. The van der Waals surface area contributed by atoms with E-state index in [4.69, 9.17) is 23.2 Å². The predicted octanol–water partition coefficient (Wildman–Crippen LogP) is 4.60. The number of nitrogens with one attached hydrogen (secondary N) is 2. The van der Waals surface area contributed by atoms with E-state index in [1.807, 2.05) is 0 Å². The first-order chi connectivity index (χ1) is 13.2. The van der Waals surface area contributed by atoms with E-state index in [-0.39, 0.29) is 26.2 Å². The number of benzene rings is 3. The summed E-state index contributed by atoms with van der Waals surface area (Å²) in [5.74, 6) is 0. The van der Waals surface area contributed by atoms with Crippen molar-refractivity contribution in [2.75, 3.05) is 9.44 Å². The first-order valence-corrected chi connectivity index (χ1v) is 11.6. The number of sulfonamides is 2. The topological polar surface area (TPSA) is 92.3 Å². The summed E-state index contributed by atoms with van der Waals surface area (Å²) in [5, 5.41) is 0.679. The van der Waals surface area contributed by atoms with Crippen LogP contribution in [0, 0.1) is 0 Å². The van der Waals surface area contributed by atoms with Crippen LogP contribution >= 0.6 is 23.2 Å². The van der Waals surface area contributed by atoms with Crippen LogP contribution in [0.4, 0.5) is 11.4 Å². The molecule has 0 aromatic heterocycles. The van der Waals surface area contributed by atoms with Gasteiger partial charge >= 0.3 is 0 Å². The Balaban J connectivity index is 1.79. The molecule has 0 spiro atoms. The molecule has 0 amide bonds. The average Bonchev–Trinajstić information content (AvgIpc) is 2.64. The Morgan fingerprint density at radius 2 is 1.11 bits per heavy atom. The molecule has 0 fully saturated rings. The summed E-state index contributed by atoms with van der Waals surface area (Å²) >= 11 is 11.7. The van der Waals surface area contributed by atoms with E-state index in [9.17, 15) is 16.8 Å². The van der Waals surface area contributed by atoms with E-state index in [0.29, 0.717) is 5.02 Å². The molecule has 2 N–H and O–H groups in total. The van der Waals surface area contributed by atoms with Crippen molar-refractivity contribution < 1.29 is 16.8 Å². The molecule has 0 bridgehead atoms. The van der Waals surface area contributed by atoms with E-state index in [1.54, 1.807) is 18.2 Å². The van der Waals surface area contributed by atoms with Crippen LogP contribution in [-0.2, 0) is 20.0 Å². The van der Waals surface area contributed by atoms with Gasteiger partial charge in [0.05, 0.1) is 20.5 Å². The highest BCUT2D eigenvalue weighted by Gasteiger charge is 2.17. The highest BCUT2D eigenvalue weighted by Crippen LogP contribution is 2.25. The summed E-state index contributed by atoms with van der Waals surface area (Å²) in [5.41, 5.74) is 0.461. The second-order valence-corrected chi connectivity index (χ2v) is 9.88. The van der Waals surface area contributed by atoms with Crippen molar-refractivity contribution in [1.29, 1.82) is 0 Å². The molecule has 0 aliphatic carbocycles. The van der Waals surface area contributed by atoms with Crippen LogP contribution in [0.25, 0.3) is 0 Å². The lowest BCUT2D eigenvalue weighted by atomic mass is 10.3. The fourth-order valence-electron chi connectivity index (χ4n) is 2.28. The lowest BCUT2D eigenvalue weighted by Crippen LogP contribution is -2.14. The molecular weight excluding hydrogens is 443 g/mol. The van der Waals surface area contributed by atoms with Crippen molar-refractivity contribution in [3.63, 3.8) is 0 Å². The molecular formula is C18H14Cl2N2O4S2. The van der Waals surface area contributed by atoms with Crippen molar-refractivity contribution >= 4 is 54.6 Å². The summed E-state index contributed by atoms with van der Waals surface area (Å²) in [6.07, 6.45) is 0. The zero-order valence-corrected chi connectivity index (χ0v) is 17.3. The summed E-state index contributed by atoms with van der Waals surface area (Å²) in [6, 6.07) is 17.4. The second kappa shape index (κ2) is 8.00. The zero-order valence-electron chi connectivity index (χ0n) is 14.1. The molecule has 146 valence electrons. The Labute approximate surface area is 173 Å². The molecule has 3 aromatic carbocycles. The number of rotatable bonds is 6. The summed E-state index contributed by atoms with van der Waals surface area (Å²) in [6.45, 7) is 0. The van der Waals surface area contributed by atoms with Crippen LogP contribution in [0.5, 0.6) is 0 Å². The Hall–Kier alpha value is -2.26. The molecule has 28 heavy (non-hydrogen) atoms. The van der Waals surface area contributed by atoms with Gasteiger partial charge in [-0.05, 0) is 60.7 Å². The van der Waals surface area contributed by atoms with E-state index in [0.717, 1.165) is 0 Å². The number of para-hydroxylation sites is 1. The van der Waals surface area contributed by atoms with Gasteiger partial charge in [0.1, 0.15) is 0 Å². The van der Waals surface area contributed by atoms with Gasteiger partial charge in [0.15, 0.2) is 0 Å². The average molecular weight is 457 g/mol. The van der Waals surface area contributed by atoms with E-state index >= 15 is 0 Å². The standard InChI is InChI=1S/C18H14Cl2N2O4S2/c19-13-5-9-15(10-6-13)27(23,24)21-14-7-11-16(12-8-14)28(25,26)22-18-4-2-1-3-17(18)20/h1-12,21-22H. The van der Waals surface area contributed by atoms with Crippen LogP contribution in [0.15, 0.2) is 82.6 Å². The number of anilines is 2. The monoisotopic (exact) mass is 456 g/mol. The molecule has 0 aliphatic rings. The van der Waals surface area contributed by atoms with Crippen LogP contribution < -0.4 is 9.44 Å². The van der Waals surface area contributed by atoms with Crippen LogP contribution in [0.1, 0.15) is 0 Å². The van der Waals surface area contributed by atoms with Crippen molar-refractivity contribution in [3.8, 4) is 0 Å². The minimum Gasteiger partial charge on any atom is -0.280 e. The van der Waals surface area contributed by atoms with Crippen LogP contribution in [-0.4, -0.2) is 16.8 Å². The highest BCUT2D eigenvalue weighted by molar-refractivity contribution is 7.93. The van der Waals surface area contributed by atoms with Crippen LogP contribution in [0.3, 0.4) is 0 Å². The van der Waals surface area contributed by atoms with E-state index < -0.39 is 20.0 Å². The second-order valence-electron chi connectivity index (χ2n) is 5.67. The van der Waals surface area contributed by atoms with Gasteiger partial charge in [0.2, 0.25) is 0 Å². The van der Waals surface area contributed by atoms with Gasteiger partial charge in [-0.2, -0.15) is 0 Å². The Morgan fingerprint density at radius 3 is 1.68 bits per heavy atom. The maximum absolute atomic E-state index is 12.5. The zero-order chi connectivity index (χ0) is 20.4. The smallest absolute Gasteiger partial charge is 0.261 e. The third-order valence-electron chi connectivity index (χ3n) is 3.66. The SMILES string of the molecule is O=S(=O)(Nc1ccc(S(=O)(=O)Nc2ccccc2Cl)cc1)c1ccc(Cl)cc1. The molecule has 3 rings (SSSR count). The first-order valence-electron chi connectivity index (χ1n) is 7.83. The molecule has 0 unspecified atom stereocenters. The fraction of sp³-hybridized carbons (Fsp3) is 0. The van der Waals surface area contributed by atoms with Gasteiger partial charge in [0.25, 0.3) is 20.0 Å². The third kappa shape index (κ3) is 4.77. The van der Waals surface area contributed by atoms with Gasteiger partial charge < -0.3 is 0 Å². The Bertz CT molecular complexity index is 1200. The van der Waals surface area contributed by atoms with Crippen LogP contribution in [0.2, 0.25) is 10.0 Å². The molecule has 10 heteroatoms.